The Morgan fingerprint density at radius 1 is 0.254 bits per heavy atom. The molecule has 4 N–H and O–H groups in total. The monoisotopic (exact) mass is 839 g/mol. The maximum absolute atomic E-state index is 9.66. The summed E-state index contributed by atoms with van der Waals surface area (Å²) >= 11 is 0. The molecule has 0 unspecified atom stereocenters. The molecule has 0 rings (SSSR count). The second-order valence-electron chi connectivity index (χ2n) is 18.1. The number of carbonyl (C=O) groups is 2. The number of rotatable bonds is 48. The van der Waals surface area contributed by atoms with Gasteiger partial charge in [0.15, 0.2) is 0 Å². The minimum atomic E-state index is -1.23. The second kappa shape index (κ2) is 61.2. The average Bonchev–Trinajstić information content (AvgIpc) is 3.22. The molecule has 59 heavy (non-hydrogen) atoms. The van der Waals surface area contributed by atoms with Gasteiger partial charge in [0.1, 0.15) is 0 Å². The quantitative estimate of drug-likeness (QED) is 0.0594. The fourth-order valence-electron chi connectivity index (χ4n) is 7.77. The lowest BCUT2D eigenvalue weighted by Crippen LogP contribution is -2.84. The van der Waals surface area contributed by atoms with Crippen LogP contribution in [0.4, 0.5) is 0 Å². The molecule has 0 saturated carbocycles. The van der Waals surface area contributed by atoms with Crippen molar-refractivity contribution in [1.29, 1.82) is 0 Å². The third kappa shape index (κ3) is 71.7. The smallest absolute Gasteiger partial charge is 0.0755 e. The van der Waals surface area contributed by atoms with Gasteiger partial charge in [0.25, 0.3) is 0 Å². The molecule has 0 aromatic heterocycles. The number of hydrogen-bond acceptors (Lipinski definition) is 4. The molecule has 0 amide bonds. The Morgan fingerprint density at radius 2 is 0.407 bits per heavy atom. The minimum absolute atomic E-state index is 0.0880. The molecule has 0 heterocycles. The van der Waals surface area contributed by atoms with Crippen LogP contribution in [-0.2, 0) is 9.59 Å². The SMILES string of the molecule is CCCCCCCCCCCC[NH2+]CCCCCCCCCCCC.CCCCCCCCCCCC[NH2+]CCCCCCCCCCCC.O=C([O-])CCCC(=O)[O-]. The van der Waals surface area contributed by atoms with E-state index in [0.717, 1.165) is 0 Å². The molecule has 6 heteroatoms. The van der Waals surface area contributed by atoms with Gasteiger partial charge in [-0.25, -0.2) is 0 Å². The summed E-state index contributed by atoms with van der Waals surface area (Å²) in [5.74, 6) is -2.45. The van der Waals surface area contributed by atoms with Crippen molar-refractivity contribution in [2.75, 3.05) is 26.2 Å². The summed E-state index contributed by atoms with van der Waals surface area (Å²) in [5.41, 5.74) is 0. The molecule has 356 valence electrons. The summed E-state index contributed by atoms with van der Waals surface area (Å²) in [6, 6.07) is 0. The maximum atomic E-state index is 9.66. The number of quaternary nitrogens is 2. The van der Waals surface area contributed by atoms with E-state index in [2.05, 4.69) is 38.3 Å². The zero-order valence-corrected chi connectivity index (χ0v) is 41.0. The highest BCUT2D eigenvalue weighted by molar-refractivity contribution is 5.67. The molecule has 0 fully saturated rings. The number of aliphatic carboxylic acids is 2. The van der Waals surface area contributed by atoms with Gasteiger partial charge < -0.3 is 30.4 Å². The minimum Gasteiger partial charge on any atom is -0.550 e. The van der Waals surface area contributed by atoms with Crippen LogP contribution in [0.2, 0.25) is 0 Å². The fraction of sp³-hybridized carbons (Fsp3) is 0.962. The first-order valence-corrected chi connectivity index (χ1v) is 27.0. The van der Waals surface area contributed by atoms with Crippen molar-refractivity contribution in [3.63, 3.8) is 0 Å². The van der Waals surface area contributed by atoms with Crippen molar-refractivity contribution >= 4 is 11.9 Å². The van der Waals surface area contributed by atoms with Gasteiger partial charge in [0, 0.05) is 11.9 Å². The van der Waals surface area contributed by atoms with E-state index in [0.29, 0.717) is 0 Å². The Labute approximate surface area is 371 Å². The van der Waals surface area contributed by atoms with E-state index in [1.54, 1.807) is 0 Å². The van der Waals surface area contributed by atoms with Crippen molar-refractivity contribution < 1.29 is 30.4 Å². The van der Waals surface area contributed by atoms with E-state index >= 15 is 0 Å². The number of carbonyl (C=O) groups excluding carboxylic acids is 2. The van der Waals surface area contributed by atoms with Crippen LogP contribution < -0.4 is 20.8 Å². The molecular formula is C53H110N2O4. The van der Waals surface area contributed by atoms with Crippen LogP contribution >= 0.6 is 0 Å². The zero-order valence-electron chi connectivity index (χ0n) is 41.0. The van der Waals surface area contributed by atoms with Gasteiger partial charge in [-0.15, -0.1) is 0 Å². The number of carboxylic acid groups (broad SMARTS) is 2. The highest BCUT2D eigenvalue weighted by Gasteiger charge is 1.98. The number of nitrogens with two attached hydrogens (primary N) is 2. The lowest BCUT2D eigenvalue weighted by atomic mass is 10.1. The summed E-state index contributed by atoms with van der Waals surface area (Å²) in [6.07, 6.45) is 57.9. The van der Waals surface area contributed by atoms with Gasteiger partial charge >= 0.3 is 0 Å². The Bertz CT molecular complexity index is 645. The van der Waals surface area contributed by atoms with Gasteiger partial charge in [-0.3, -0.25) is 0 Å². The van der Waals surface area contributed by atoms with E-state index < -0.39 is 11.9 Å². The van der Waals surface area contributed by atoms with Crippen LogP contribution in [0.1, 0.15) is 304 Å². The highest BCUT2D eigenvalue weighted by atomic mass is 16.4. The molecule has 0 aliphatic heterocycles. The van der Waals surface area contributed by atoms with Crippen LogP contribution in [0.25, 0.3) is 0 Å². The molecule has 0 bridgehead atoms. The van der Waals surface area contributed by atoms with Crippen molar-refractivity contribution in [2.24, 2.45) is 0 Å². The van der Waals surface area contributed by atoms with Gasteiger partial charge in [-0.1, -0.05) is 233 Å². The normalized spacial score (nSPS) is 10.9. The molecule has 0 atom stereocenters. The standard InChI is InChI=1S/2C24H51N.C5H8O4/c2*1-3-5-7-9-11-13-15-17-19-21-23-25-24-22-20-18-16-14-12-10-8-6-4-2;6-4(7)2-1-3-5(8)9/h2*25H,3-24H2,1-2H3;1-3H2,(H,6,7)(H,8,9). The summed E-state index contributed by atoms with van der Waals surface area (Å²) in [7, 11) is 0. The van der Waals surface area contributed by atoms with E-state index in [1.807, 2.05) is 0 Å². The third-order valence-corrected chi connectivity index (χ3v) is 11.8. The first-order chi connectivity index (χ1) is 29.0. The molecule has 0 aliphatic rings. The Hall–Kier alpha value is -1.14. The fourth-order valence-corrected chi connectivity index (χ4v) is 7.77. The van der Waals surface area contributed by atoms with E-state index in [4.69, 9.17) is 0 Å². The summed E-state index contributed by atoms with van der Waals surface area (Å²) < 4.78 is 0. The van der Waals surface area contributed by atoms with Crippen molar-refractivity contribution in [2.45, 2.75) is 304 Å². The summed E-state index contributed by atoms with van der Waals surface area (Å²) in [6.45, 7) is 14.7. The predicted molar refractivity (Wildman–Crippen MR) is 255 cm³/mol. The van der Waals surface area contributed by atoms with Gasteiger partial charge in [-0.05, 0) is 70.6 Å². The summed E-state index contributed by atoms with van der Waals surface area (Å²) in [5, 5.41) is 24.4. The van der Waals surface area contributed by atoms with Crippen LogP contribution in [-0.4, -0.2) is 38.1 Å². The van der Waals surface area contributed by atoms with Gasteiger partial charge in [0.2, 0.25) is 0 Å². The Kier molecular flexibility index (Phi) is 64.4. The molecule has 0 aromatic rings. The van der Waals surface area contributed by atoms with E-state index in [-0.39, 0.29) is 19.3 Å². The van der Waals surface area contributed by atoms with Crippen LogP contribution in [0, 0.1) is 0 Å². The third-order valence-electron chi connectivity index (χ3n) is 11.8. The maximum Gasteiger partial charge on any atom is 0.0755 e. The molecular weight excluding hydrogens is 729 g/mol. The first-order valence-electron chi connectivity index (χ1n) is 27.0. The number of hydrogen-bond donors (Lipinski definition) is 2. The number of carboxylic acids is 2. The predicted octanol–water partition coefficient (Wildman–Crippen LogP) is 12.4. The molecule has 6 nitrogen and oxygen atoms in total. The molecule has 0 aliphatic carbocycles. The Morgan fingerprint density at radius 3 is 0.559 bits per heavy atom. The van der Waals surface area contributed by atoms with Crippen molar-refractivity contribution in [1.82, 2.24) is 0 Å². The summed E-state index contributed by atoms with van der Waals surface area (Å²) in [4.78, 5) is 19.3. The van der Waals surface area contributed by atoms with Crippen molar-refractivity contribution in [3.8, 4) is 0 Å². The first kappa shape index (κ1) is 62.2. The molecule has 0 saturated heterocycles. The van der Waals surface area contributed by atoms with Crippen LogP contribution in [0.5, 0.6) is 0 Å². The lowest BCUT2D eigenvalue weighted by molar-refractivity contribution is -0.655. The molecule has 0 radical (unpaired) electrons. The van der Waals surface area contributed by atoms with Crippen LogP contribution in [0.15, 0.2) is 0 Å². The average molecular weight is 839 g/mol. The molecule has 0 aromatic carbocycles. The topological polar surface area (TPSA) is 113 Å². The van der Waals surface area contributed by atoms with E-state index in [9.17, 15) is 19.8 Å². The number of unbranched alkanes of at least 4 members (excludes halogenated alkanes) is 36. The van der Waals surface area contributed by atoms with Crippen molar-refractivity contribution in [3.05, 3.63) is 0 Å². The largest absolute Gasteiger partial charge is 0.550 e. The second-order valence-corrected chi connectivity index (χ2v) is 18.1. The zero-order chi connectivity index (χ0) is 43.8. The molecule has 0 spiro atoms. The highest BCUT2D eigenvalue weighted by Crippen LogP contribution is 2.13. The Balaban J connectivity index is -0.000000880. The van der Waals surface area contributed by atoms with Gasteiger partial charge in [0.05, 0.1) is 26.2 Å². The van der Waals surface area contributed by atoms with Crippen LogP contribution in [0.3, 0.4) is 0 Å². The lowest BCUT2D eigenvalue weighted by Gasteiger charge is -2.04. The van der Waals surface area contributed by atoms with Gasteiger partial charge in [-0.2, -0.15) is 0 Å². The van der Waals surface area contributed by atoms with E-state index in [1.165, 1.54) is 283 Å².